The quantitative estimate of drug-likeness (QED) is 0.680. The molecule has 0 aliphatic carbocycles. The van der Waals surface area contributed by atoms with Crippen molar-refractivity contribution in [3.05, 3.63) is 0 Å². The van der Waals surface area contributed by atoms with E-state index in [1.165, 1.54) is 24.3 Å². The van der Waals surface area contributed by atoms with Gasteiger partial charge in [0.1, 0.15) is 0 Å². The lowest BCUT2D eigenvalue weighted by Gasteiger charge is -2.30. The second-order valence-electron chi connectivity index (χ2n) is 4.20. The lowest BCUT2D eigenvalue weighted by atomic mass is 10.0. The van der Waals surface area contributed by atoms with Crippen molar-refractivity contribution in [1.82, 2.24) is 10.2 Å². The molecule has 0 atom stereocenters. The average molecular weight is 228 g/mol. The van der Waals surface area contributed by atoms with E-state index < -0.39 is 0 Å². The normalized spacial score (nSPS) is 25.3. The fourth-order valence-electron chi connectivity index (χ4n) is 2.12. The second-order valence-corrected chi connectivity index (χ2v) is 5.42. The van der Waals surface area contributed by atoms with E-state index in [0.717, 1.165) is 6.54 Å². The highest BCUT2D eigenvalue weighted by atomic mass is 32.2. The fraction of sp³-hybridized carbons (Fsp3) is 0.800. The Morgan fingerprint density at radius 3 is 2.40 bits per heavy atom. The Bertz CT molecular complexity index is 248. The molecule has 0 aromatic heterocycles. The van der Waals surface area contributed by atoms with Crippen LogP contribution >= 0.6 is 11.8 Å². The van der Waals surface area contributed by atoms with Gasteiger partial charge in [0.15, 0.2) is 0 Å². The third kappa shape index (κ3) is 3.21. The first-order valence-corrected chi connectivity index (χ1v) is 6.52. The Morgan fingerprint density at radius 2 is 1.80 bits per heavy atom. The summed E-state index contributed by atoms with van der Waals surface area (Å²) in [6, 6.07) is 0. The molecule has 5 heteroatoms. The molecular weight excluding hydrogens is 212 g/mol. The summed E-state index contributed by atoms with van der Waals surface area (Å²) in [5.74, 6) is 2.80. The monoisotopic (exact) mass is 228 g/mol. The largest absolute Gasteiger partial charge is 0.294 e. The number of amides is 2. The van der Waals surface area contributed by atoms with Crippen molar-refractivity contribution in [1.29, 1.82) is 0 Å². The lowest BCUT2D eigenvalue weighted by Crippen LogP contribution is -2.52. The molecule has 2 aliphatic heterocycles. The highest BCUT2D eigenvalue weighted by Crippen LogP contribution is 2.23. The van der Waals surface area contributed by atoms with Gasteiger partial charge in [0.2, 0.25) is 11.8 Å². The topological polar surface area (TPSA) is 49.4 Å². The van der Waals surface area contributed by atoms with Gasteiger partial charge in [-0.05, 0) is 30.3 Å². The molecule has 15 heavy (non-hydrogen) atoms. The van der Waals surface area contributed by atoms with Gasteiger partial charge in [-0.25, -0.2) is 0 Å². The number of carbonyl (C=O) groups excluding carboxylic acids is 2. The first-order valence-electron chi connectivity index (χ1n) is 5.37. The summed E-state index contributed by atoms with van der Waals surface area (Å²) < 4.78 is 0. The number of hydrogen-bond donors (Lipinski definition) is 1. The lowest BCUT2D eigenvalue weighted by molar-refractivity contribution is -0.136. The highest BCUT2D eigenvalue weighted by molar-refractivity contribution is 7.99. The third-order valence-electron chi connectivity index (χ3n) is 2.87. The summed E-state index contributed by atoms with van der Waals surface area (Å²) in [7, 11) is 0. The van der Waals surface area contributed by atoms with Crippen LogP contribution in [0.25, 0.3) is 0 Å². The van der Waals surface area contributed by atoms with Gasteiger partial charge in [-0.1, -0.05) is 0 Å². The van der Waals surface area contributed by atoms with Crippen LogP contribution < -0.4 is 5.32 Å². The molecule has 0 spiro atoms. The van der Waals surface area contributed by atoms with E-state index in [0.29, 0.717) is 19.0 Å². The number of thioether (sulfide) groups is 1. The number of rotatable bonds is 2. The zero-order valence-electron chi connectivity index (χ0n) is 8.70. The average Bonchev–Trinajstić information content (AvgIpc) is 2.17. The van der Waals surface area contributed by atoms with Crippen LogP contribution in [0.15, 0.2) is 0 Å². The molecule has 0 bridgehead atoms. The van der Waals surface area contributed by atoms with E-state index in [-0.39, 0.29) is 11.8 Å². The van der Waals surface area contributed by atoms with Crippen LogP contribution in [-0.2, 0) is 9.59 Å². The van der Waals surface area contributed by atoms with Gasteiger partial charge in [-0.3, -0.25) is 19.8 Å². The first-order chi connectivity index (χ1) is 7.24. The van der Waals surface area contributed by atoms with Crippen LogP contribution in [0.5, 0.6) is 0 Å². The van der Waals surface area contributed by atoms with Crippen LogP contribution in [0.4, 0.5) is 0 Å². The van der Waals surface area contributed by atoms with Crippen molar-refractivity contribution in [2.24, 2.45) is 5.92 Å². The van der Waals surface area contributed by atoms with Gasteiger partial charge in [0.05, 0.1) is 13.1 Å². The minimum Gasteiger partial charge on any atom is -0.294 e. The molecule has 2 rings (SSSR count). The van der Waals surface area contributed by atoms with Crippen molar-refractivity contribution < 1.29 is 9.59 Å². The predicted molar refractivity (Wildman–Crippen MR) is 59.6 cm³/mol. The SMILES string of the molecule is O=C1CN(CC2CCSCC2)CC(=O)N1. The molecule has 4 nitrogen and oxygen atoms in total. The maximum absolute atomic E-state index is 11.1. The first kappa shape index (κ1) is 11.0. The third-order valence-corrected chi connectivity index (χ3v) is 3.92. The molecule has 2 aliphatic rings. The summed E-state index contributed by atoms with van der Waals surface area (Å²) in [6.07, 6.45) is 2.44. The van der Waals surface area contributed by atoms with E-state index in [1.807, 2.05) is 16.7 Å². The fourth-order valence-corrected chi connectivity index (χ4v) is 3.32. The van der Waals surface area contributed by atoms with Gasteiger partial charge in [0.25, 0.3) is 0 Å². The van der Waals surface area contributed by atoms with Crippen molar-refractivity contribution in [3.63, 3.8) is 0 Å². The van der Waals surface area contributed by atoms with Crippen molar-refractivity contribution in [2.75, 3.05) is 31.1 Å². The highest BCUT2D eigenvalue weighted by Gasteiger charge is 2.25. The maximum Gasteiger partial charge on any atom is 0.240 e. The van der Waals surface area contributed by atoms with Gasteiger partial charge < -0.3 is 0 Å². The van der Waals surface area contributed by atoms with E-state index in [4.69, 9.17) is 0 Å². The molecule has 2 fully saturated rings. The van der Waals surface area contributed by atoms with Gasteiger partial charge in [-0.2, -0.15) is 11.8 Å². The van der Waals surface area contributed by atoms with Crippen molar-refractivity contribution in [3.8, 4) is 0 Å². The summed E-state index contributed by atoms with van der Waals surface area (Å²) in [5, 5.41) is 2.32. The van der Waals surface area contributed by atoms with E-state index in [1.54, 1.807) is 0 Å². The van der Waals surface area contributed by atoms with Gasteiger partial charge in [0, 0.05) is 6.54 Å². The molecular formula is C10H16N2O2S. The molecule has 0 aromatic carbocycles. The summed E-state index contributed by atoms with van der Waals surface area (Å²) in [6.45, 7) is 1.67. The van der Waals surface area contributed by atoms with Gasteiger partial charge in [-0.15, -0.1) is 0 Å². The van der Waals surface area contributed by atoms with Crippen LogP contribution in [0.1, 0.15) is 12.8 Å². The number of nitrogens with one attached hydrogen (secondary N) is 1. The minimum atomic E-state index is -0.156. The molecule has 0 aromatic rings. The number of piperazine rings is 1. The van der Waals surface area contributed by atoms with E-state index in [9.17, 15) is 9.59 Å². The van der Waals surface area contributed by atoms with E-state index in [2.05, 4.69) is 5.32 Å². The predicted octanol–water partition coefficient (Wildman–Crippen LogP) is 0.0880. The van der Waals surface area contributed by atoms with Crippen molar-refractivity contribution in [2.45, 2.75) is 12.8 Å². The second kappa shape index (κ2) is 4.99. The molecule has 84 valence electrons. The molecule has 2 heterocycles. The number of carbonyl (C=O) groups is 2. The van der Waals surface area contributed by atoms with Crippen LogP contribution in [0.3, 0.4) is 0 Å². The molecule has 1 N–H and O–H groups in total. The zero-order chi connectivity index (χ0) is 10.7. The summed E-state index contributed by atoms with van der Waals surface area (Å²) in [4.78, 5) is 24.3. The van der Waals surface area contributed by atoms with Crippen LogP contribution in [-0.4, -0.2) is 47.9 Å². The number of nitrogens with zero attached hydrogens (tertiary/aromatic N) is 1. The van der Waals surface area contributed by atoms with Crippen LogP contribution in [0.2, 0.25) is 0 Å². The number of hydrogen-bond acceptors (Lipinski definition) is 4. The smallest absolute Gasteiger partial charge is 0.240 e. The van der Waals surface area contributed by atoms with Crippen molar-refractivity contribution >= 4 is 23.6 Å². The standard InChI is InChI=1S/C10H16N2O2S/c13-9-6-12(7-10(14)11-9)5-8-1-3-15-4-2-8/h8H,1-7H2,(H,11,13,14). The Balaban J connectivity index is 1.82. The summed E-state index contributed by atoms with van der Waals surface area (Å²) >= 11 is 2.00. The van der Waals surface area contributed by atoms with Crippen LogP contribution in [0, 0.1) is 5.92 Å². The zero-order valence-corrected chi connectivity index (χ0v) is 9.52. The van der Waals surface area contributed by atoms with E-state index >= 15 is 0 Å². The Morgan fingerprint density at radius 1 is 1.20 bits per heavy atom. The molecule has 0 radical (unpaired) electrons. The Hall–Kier alpha value is -0.550. The molecule has 0 saturated carbocycles. The molecule has 2 saturated heterocycles. The Labute approximate surface area is 93.8 Å². The Kier molecular flexibility index (Phi) is 3.64. The summed E-state index contributed by atoms with van der Waals surface area (Å²) in [5.41, 5.74) is 0. The van der Waals surface area contributed by atoms with Gasteiger partial charge >= 0.3 is 0 Å². The maximum atomic E-state index is 11.1. The minimum absolute atomic E-state index is 0.156. The molecule has 0 unspecified atom stereocenters. The molecule has 2 amide bonds. The number of imide groups is 1.